The highest BCUT2D eigenvalue weighted by molar-refractivity contribution is 5.74. The highest BCUT2D eigenvalue weighted by Crippen LogP contribution is 2.22. The van der Waals surface area contributed by atoms with E-state index in [0.29, 0.717) is 6.54 Å². The van der Waals surface area contributed by atoms with Crippen molar-refractivity contribution in [3.63, 3.8) is 0 Å². The standard InChI is InChI=1S/C25H32N6O/c1-19-23(29-24(27-19)28-21-11-7-4-8-12-21)18-30-15-13-22(14-16-30)31(25(32)26-2)17-20-9-5-3-6-10-20/h3-12,22H,13-18H2,1-2H3,(H,26,32)(H2,27,28,29). The molecule has 1 saturated heterocycles. The van der Waals surface area contributed by atoms with Crippen molar-refractivity contribution in [2.45, 2.75) is 38.9 Å². The van der Waals surface area contributed by atoms with Crippen molar-refractivity contribution in [2.24, 2.45) is 0 Å². The number of H-pyrrole nitrogens is 1. The van der Waals surface area contributed by atoms with Gasteiger partial charge in [0.25, 0.3) is 0 Å². The van der Waals surface area contributed by atoms with E-state index in [1.54, 1.807) is 7.05 Å². The van der Waals surface area contributed by atoms with Crippen LogP contribution in [0.15, 0.2) is 60.7 Å². The number of piperidine rings is 1. The third kappa shape index (κ3) is 5.48. The minimum Gasteiger partial charge on any atom is -0.341 e. The van der Waals surface area contributed by atoms with E-state index < -0.39 is 0 Å². The first-order valence-electron chi connectivity index (χ1n) is 11.2. The Labute approximate surface area is 189 Å². The minimum atomic E-state index is -0.00734. The van der Waals surface area contributed by atoms with Gasteiger partial charge in [0, 0.05) is 50.6 Å². The van der Waals surface area contributed by atoms with Crippen molar-refractivity contribution in [3.05, 3.63) is 77.6 Å². The number of amides is 2. The van der Waals surface area contributed by atoms with Crippen LogP contribution in [0, 0.1) is 6.92 Å². The van der Waals surface area contributed by atoms with Crippen LogP contribution >= 0.6 is 0 Å². The predicted octanol–water partition coefficient (Wildman–Crippen LogP) is 4.27. The summed E-state index contributed by atoms with van der Waals surface area (Å²) < 4.78 is 0. The molecule has 0 atom stereocenters. The summed E-state index contributed by atoms with van der Waals surface area (Å²) in [4.78, 5) is 25.1. The maximum atomic E-state index is 12.6. The van der Waals surface area contributed by atoms with Crippen LogP contribution in [-0.4, -0.2) is 52.0 Å². The third-order valence-electron chi connectivity index (χ3n) is 6.06. The van der Waals surface area contributed by atoms with Gasteiger partial charge in [0.2, 0.25) is 5.95 Å². The maximum absolute atomic E-state index is 12.6. The van der Waals surface area contributed by atoms with E-state index in [-0.39, 0.29) is 12.1 Å². The lowest BCUT2D eigenvalue weighted by Gasteiger charge is -2.38. The number of hydrogen-bond donors (Lipinski definition) is 3. The lowest BCUT2D eigenvalue weighted by molar-refractivity contribution is 0.113. The summed E-state index contributed by atoms with van der Waals surface area (Å²) in [6.45, 7) is 5.40. The van der Waals surface area contributed by atoms with E-state index in [0.717, 1.165) is 61.1 Å². The Morgan fingerprint density at radius 1 is 1.09 bits per heavy atom. The van der Waals surface area contributed by atoms with Crippen LogP contribution in [0.3, 0.4) is 0 Å². The number of imidazole rings is 1. The number of hydrogen-bond acceptors (Lipinski definition) is 4. The second kappa shape index (κ2) is 10.3. The molecule has 2 heterocycles. The van der Waals surface area contributed by atoms with Gasteiger partial charge in [0.1, 0.15) is 0 Å². The monoisotopic (exact) mass is 432 g/mol. The van der Waals surface area contributed by atoms with E-state index in [1.165, 1.54) is 0 Å². The average molecular weight is 433 g/mol. The first-order valence-corrected chi connectivity index (χ1v) is 11.2. The van der Waals surface area contributed by atoms with Gasteiger partial charge in [-0.3, -0.25) is 4.90 Å². The fourth-order valence-electron chi connectivity index (χ4n) is 4.26. The molecule has 3 aromatic rings. The molecular formula is C25H32N6O. The van der Waals surface area contributed by atoms with Crippen molar-refractivity contribution in [2.75, 3.05) is 25.5 Å². The van der Waals surface area contributed by atoms with Gasteiger partial charge in [-0.25, -0.2) is 9.78 Å². The van der Waals surface area contributed by atoms with Crippen molar-refractivity contribution < 1.29 is 4.79 Å². The number of aromatic nitrogens is 2. The van der Waals surface area contributed by atoms with E-state index in [9.17, 15) is 4.79 Å². The predicted molar refractivity (Wildman–Crippen MR) is 128 cm³/mol. The Balaban J connectivity index is 1.34. The lowest BCUT2D eigenvalue weighted by atomic mass is 10.0. The summed E-state index contributed by atoms with van der Waals surface area (Å²) in [5, 5.41) is 6.15. The molecule has 0 unspecified atom stereocenters. The van der Waals surface area contributed by atoms with Crippen LogP contribution in [0.5, 0.6) is 0 Å². The van der Waals surface area contributed by atoms with E-state index >= 15 is 0 Å². The fourth-order valence-corrected chi connectivity index (χ4v) is 4.26. The molecule has 0 saturated carbocycles. The lowest BCUT2D eigenvalue weighted by Crippen LogP contribution is -2.49. The molecule has 4 rings (SSSR count). The highest BCUT2D eigenvalue weighted by atomic mass is 16.2. The van der Waals surface area contributed by atoms with Crippen LogP contribution in [0.4, 0.5) is 16.4 Å². The molecule has 1 aliphatic heterocycles. The number of para-hydroxylation sites is 1. The van der Waals surface area contributed by atoms with Crippen molar-refractivity contribution in [1.29, 1.82) is 0 Å². The summed E-state index contributed by atoms with van der Waals surface area (Å²) >= 11 is 0. The van der Waals surface area contributed by atoms with Gasteiger partial charge in [-0.2, -0.15) is 0 Å². The van der Waals surface area contributed by atoms with Gasteiger partial charge < -0.3 is 20.5 Å². The largest absolute Gasteiger partial charge is 0.341 e. The number of rotatable bonds is 7. The zero-order chi connectivity index (χ0) is 22.3. The number of aryl methyl sites for hydroxylation is 1. The molecule has 2 aromatic carbocycles. The van der Waals surface area contributed by atoms with Crippen LogP contribution < -0.4 is 10.6 Å². The average Bonchev–Trinajstić information content (AvgIpc) is 3.17. The van der Waals surface area contributed by atoms with Crippen molar-refractivity contribution in [1.82, 2.24) is 25.1 Å². The second-order valence-electron chi connectivity index (χ2n) is 8.32. The molecule has 7 heteroatoms. The molecule has 0 aliphatic carbocycles. The number of benzene rings is 2. The van der Waals surface area contributed by atoms with Crippen LogP contribution in [0.2, 0.25) is 0 Å². The Kier molecular flexibility index (Phi) is 7.07. The molecule has 2 amide bonds. The summed E-state index contributed by atoms with van der Waals surface area (Å²) in [7, 11) is 1.71. The molecule has 7 nitrogen and oxygen atoms in total. The van der Waals surface area contributed by atoms with Crippen LogP contribution in [-0.2, 0) is 13.1 Å². The number of nitrogens with one attached hydrogen (secondary N) is 3. The molecule has 0 radical (unpaired) electrons. The number of likely N-dealkylation sites (tertiary alicyclic amines) is 1. The van der Waals surface area contributed by atoms with Crippen LogP contribution in [0.25, 0.3) is 0 Å². The molecule has 32 heavy (non-hydrogen) atoms. The SMILES string of the molecule is CNC(=O)N(Cc1ccccc1)C1CCN(Cc2nc(Nc3ccccc3)[nH]c2C)CC1. The van der Waals surface area contributed by atoms with Gasteiger partial charge >= 0.3 is 6.03 Å². The number of carbonyl (C=O) groups excluding carboxylic acids is 1. The summed E-state index contributed by atoms with van der Waals surface area (Å²) in [6, 6.07) is 20.5. The maximum Gasteiger partial charge on any atom is 0.317 e. The number of carbonyl (C=O) groups is 1. The fraction of sp³-hybridized carbons (Fsp3) is 0.360. The van der Waals surface area contributed by atoms with Crippen molar-refractivity contribution >= 4 is 17.7 Å². The Morgan fingerprint density at radius 3 is 2.41 bits per heavy atom. The zero-order valence-corrected chi connectivity index (χ0v) is 18.8. The highest BCUT2D eigenvalue weighted by Gasteiger charge is 2.28. The van der Waals surface area contributed by atoms with E-state index in [2.05, 4.69) is 39.6 Å². The van der Waals surface area contributed by atoms with Gasteiger partial charge in [0.05, 0.1) is 5.69 Å². The summed E-state index contributed by atoms with van der Waals surface area (Å²) in [5.74, 6) is 0.771. The second-order valence-corrected chi connectivity index (χ2v) is 8.32. The van der Waals surface area contributed by atoms with Gasteiger partial charge in [-0.15, -0.1) is 0 Å². The molecule has 3 N–H and O–H groups in total. The third-order valence-corrected chi connectivity index (χ3v) is 6.06. The van der Waals surface area contributed by atoms with Crippen LogP contribution in [0.1, 0.15) is 29.8 Å². The molecule has 1 aromatic heterocycles. The Morgan fingerprint density at radius 2 is 1.75 bits per heavy atom. The number of aromatic amines is 1. The van der Waals surface area contributed by atoms with E-state index in [1.807, 2.05) is 53.4 Å². The molecule has 1 fully saturated rings. The quantitative estimate of drug-likeness (QED) is 0.521. The Bertz CT molecular complexity index is 996. The minimum absolute atomic E-state index is 0.00734. The smallest absolute Gasteiger partial charge is 0.317 e. The van der Waals surface area contributed by atoms with Gasteiger partial charge in [-0.05, 0) is 37.5 Å². The molecule has 1 aliphatic rings. The van der Waals surface area contributed by atoms with E-state index in [4.69, 9.17) is 4.98 Å². The summed E-state index contributed by atoms with van der Waals surface area (Å²) in [5.41, 5.74) is 4.32. The first kappa shape index (κ1) is 21.9. The van der Waals surface area contributed by atoms with Gasteiger partial charge in [-0.1, -0.05) is 48.5 Å². The Hall–Kier alpha value is -3.32. The number of anilines is 2. The first-order chi connectivity index (χ1) is 15.6. The van der Waals surface area contributed by atoms with Crippen molar-refractivity contribution in [3.8, 4) is 0 Å². The molecule has 168 valence electrons. The molecular weight excluding hydrogens is 400 g/mol. The summed E-state index contributed by atoms with van der Waals surface area (Å²) in [6.07, 6.45) is 1.91. The normalized spacial score (nSPS) is 14.8. The topological polar surface area (TPSA) is 76.3 Å². The number of urea groups is 1. The molecule has 0 spiro atoms. The van der Waals surface area contributed by atoms with Gasteiger partial charge in [0.15, 0.2) is 0 Å². The zero-order valence-electron chi connectivity index (χ0n) is 18.8. The number of nitrogens with zero attached hydrogens (tertiary/aromatic N) is 3. The molecule has 0 bridgehead atoms.